The Labute approximate surface area is 152 Å². The third kappa shape index (κ3) is 4.12. The number of carbonyl (C=O) groups is 3. The van der Waals surface area contributed by atoms with Gasteiger partial charge in [0, 0.05) is 12.3 Å². The summed E-state index contributed by atoms with van der Waals surface area (Å²) in [6.45, 7) is 1.55. The number of allylic oxidation sites excluding steroid dienone is 2. The van der Waals surface area contributed by atoms with E-state index in [4.69, 9.17) is 16.3 Å². The van der Waals surface area contributed by atoms with Crippen LogP contribution in [-0.2, 0) is 9.53 Å². The minimum absolute atomic E-state index is 0.217. The van der Waals surface area contributed by atoms with Gasteiger partial charge in [0.15, 0.2) is 11.8 Å². The lowest BCUT2D eigenvalue weighted by molar-refractivity contribution is -0.140. The van der Waals surface area contributed by atoms with Crippen molar-refractivity contribution in [1.82, 2.24) is 4.90 Å². The first-order valence-electron chi connectivity index (χ1n) is 7.16. The Kier molecular flexibility index (Phi) is 5.83. The van der Waals surface area contributed by atoms with Crippen LogP contribution in [0, 0.1) is 5.82 Å². The molecule has 2 N–H and O–H groups in total. The number of aliphatic carboxylic acids is 1. The van der Waals surface area contributed by atoms with Gasteiger partial charge < -0.3 is 19.9 Å². The summed E-state index contributed by atoms with van der Waals surface area (Å²) in [5.41, 5.74) is 0.0597. The van der Waals surface area contributed by atoms with Crippen molar-refractivity contribution in [3.63, 3.8) is 0 Å². The molecule has 0 saturated heterocycles. The largest absolute Gasteiger partial charge is 0.513 e. The van der Waals surface area contributed by atoms with E-state index in [0.717, 1.165) is 24.1 Å². The molecule has 8 nitrogen and oxygen atoms in total. The van der Waals surface area contributed by atoms with E-state index in [-0.39, 0.29) is 16.5 Å². The van der Waals surface area contributed by atoms with Gasteiger partial charge in [-0.2, -0.15) is 0 Å². The number of urea groups is 1. The van der Waals surface area contributed by atoms with E-state index in [2.05, 4.69) is 10.1 Å². The van der Waals surface area contributed by atoms with Gasteiger partial charge in [0.05, 0.1) is 17.8 Å². The number of carbonyl (C=O) groups excluding carboxylic acids is 2. The molecule has 138 valence electrons. The number of rotatable bonds is 3. The maximum atomic E-state index is 14.1. The minimum Gasteiger partial charge on any atom is -0.479 e. The van der Waals surface area contributed by atoms with E-state index in [0.29, 0.717) is 5.57 Å². The molecule has 0 saturated carbocycles. The molecule has 0 aromatic heterocycles. The summed E-state index contributed by atoms with van der Waals surface area (Å²) in [4.78, 5) is 35.9. The number of hydrogen-bond acceptors (Lipinski definition) is 5. The molecule has 0 aliphatic carbocycles. The van der Waals surface area contributed by atoms with Gasteiger partial charge in [0.1, 0.15) is 5.82 Å². The highest BCUT2D eigenvalue weighted by molar-refractivity contribution is 6.32. The fraction of sp³-hybridized carbons (Fsp3) is 0.188. The Bertz CT molecular complexity index is 823. The monoisotopic (exact) mass is 384 g/mol. The van der Waals surface area contributed by atoms with Crippen molar-refractivity contribution in [3.05, 3.63) is 46.9 Å². The van der Waals surface area contributed by atoms with E-state index >= 15 is 0 Å². The summed E-state index contributed by atoms with van der Waals surface area (Å²) < 4.78 is 23.1. The average molecular weight is 385 g/mol. The van der Waals surface area contributed by atoms with Gasteiger partial charge in [-0.25, -0.2) is 18.8 Å². The van der Waals surface area contributed by atoms with Crippen LogP contribution in [0.15, 0.2) is 36.1 Å². The predicted octanol–water partition coefficient (Wildman–Crippen LogP) is 3.39. The highest BCUT2D eigenvalue weighted by Gasteiger charge is 2.31. The quantitative estimate of drug-likeness (QED) is 0.611. The zero-order valence-electron chi connectivity index (χ0n) is 13.7. The van der Waals surface area contributed by atoms with Crippen LogP contribution >= 0.6 is 11.6 Å². The maximum absolute atomic E-state index is 14.1. The lowest BCUT2D eigenvalue weighted by Crippen LogP contribution is -2.45. The number of nitrogens with one attached hydrogen (secondary N) is 1. The smallest absolute Gasteiger partial charge is 0.479 e. The van der Waals surface area contributed by atoms with Gasteiger partial charge in [-0.1, -0.05) is 17.7 Å². The molecule has 10 heteroatoms. The van der Waals surface area contributed by atoms with Crippen LogP contribution in [0.1, 0.15) is 6.92 Å². The summed E-state index contributed by atoms with van der Waals surface area (Å²) in [5.74, 6) is -2.39. The fourth-order valence-corrected chi connectivity index (χ4v) is 2.39. The Morgan fingerprint density at radius 1 is 1.35 bits per heavy atom. The van der Waals surface area contributed by atoms with Crippen molar-refractivity contribution in [2.24, 2.45) is 0 Å². The van der Waals surface area contributed by atoms with Crippen LogP contribution in [0.4, 0.5) is 19.7 Å². The number of methoxy groups -OCH3 is 1. The van der Waals surface area contributed by atoms with Gasteiger partial charge in [-0.3, -0.25) is 4.90 Å². The molecule has 1 aliphatic heterocycles. The molecule has 1 unspecified atom stereocenters. The number of benzene rings is 1. The van der Waals surface area contributed by atoms with Crippen molar-refractivity contribution in [3.8, 4) is 5.75 Å². The number of nitrogens with zero attached hydrogens (tertiary/aromatic N) is 1. The molecular weight excluding hydrogens is 371 g/mol. The fourth-order valence-electron chi connectivity index (χ4n) is 2.20. The summed E-state index contributed by atoms with van der Waals surface area (Å²) >= 11 is 5.78. The molecule has 2 rings (SSSR count). The average Bonchev–Trinajstić information content (AvgIpc) is 2.58. The molecule has 1 aromatic rings. The van der Waals surface area contributed by atoms with Gasteiger partial charge in [-0.05, 0) is 24.6 Å². The molecule has 2 amide bonds. The van der Waals surface area contributed by atoms with Crippen LogP contribution < -0.4 is 10.1 Å². The Balaban J connectivity index is 2.27. The Hall–Kier alpha value is -3.07. The number of carboxylic acids is 1. The van der Waals surface area contributed by atoms with E-state index in [1.165, 1.54) is 12.3 Å². The number of anilines is 1. The van der Waals surface area contributed by atoms with Crippen molar-refractivity contribution in [2.75, 3.05) is 12.4 Å². The zero-order chi connectivity index (χ0) is 19.4. The molecule has 0 radical (unpaired) electrons. The predicted molar refractivity (Wildman–Crippen MR) is 89.6 cm³/mol. The molecule has 1 heterocycles. The number of hydrogen-bond donors (Lipinski definition) is 2. The number of carboxylic acid groups (broad SMARTS) is 1. The van der Waals surface area contributed by atoms with E-state index in [9.17, 15) is 23.9 Å². The molecule has 0 spiro atoms. The molecule has 26 heavy (non-hydrogen) atoms. The van der Waals surface area contributed by atoms with Gasteiger partial charge in [0.2, 0.25) is 0 Å². The van der Waals surface area contributed by atoms with Crippen LogP contribution in [0.3, 0.4) is 0 Å². The third-order valence-corrected chi connectivity index (χ3v) is 3.70. The van der Waals surface area contributed by atoms with Crippen molar-refractivity contribution in [1.29, 1.82) is 0 Å². The lowest BCUT2D eigenvalue weighted by Gasteiger charge is -2.28. The molecule has 0 fully saturated rings. The lowest BCUT2D eigenvalue weighted by atomic mass is 10.1. The standard InChI is InChI=1S/C16H14ClFN2O6/c1-8-4-3-5-20(13(8)14(21)22)15(23)19-11-7-12(26-16(24)25-2)9(17)6-10(11)18/h3-7,13H,1-2H3,(H,19,23)(H,21,22). The minimum atomic E-state index is -1.25. The van der Waals surface area contributed by atoms with Gasteiger partial charge in [-0.15, -0.1) is 0 Å². The second kappa shape index (κ2) is 7.87. The first kappa shape index (κ1) is 19.3. The second-order valence-corrected chi connectivity index (χ2v) is 5.56. The normalized spacial score (nSPS) is 15.9. The molecule has 1 aliphatic rings. The number of ether oxygens (including phenoxy) is 2. The van der Waals surface area contributed by atoms with Crippen LogP contribution in [0.25, 0.3) is 0 Å². The van der Waals surface area contributed by atoms with Gasteiger partial charge >= 0.3 is 18.2 Å². The summed E-state index contributed by atoms with van der Waals surface area (Å²) in [5, 5.41) is 11.3. The molecule has 1 atom stereocenters. The highest BCUT2D eigenvalue weighted by atomic mass is 35.5. The van der Waals surface area contributed by atoms with Crippen molar-refractivity contribution >= 4 is 35.4 Å². The second-order valence-electron chi connectivity index (χ2n) is 5.15. The van der Waals surface area contributed by atoms with Crippen LogP contribution in [0.5, 0.6) is 5.75 Å². The van der Waals surface area contributed by atoms with Gasteiger partial charge in [0.25, 0.3) is 0 Å². The Morgan fingerprint density at radius 3 is 2.65 bits per heavy atom. The van der Waals surface area contributed by atoms with Crippen LogP contribution in [-0.4, -0.2) is 41.3 Å². The highest BCUT2D eigenvalue weighted by Crippen LogP contribution is 2.31. The first-order chi connectivity index (χ1) is 12.2. The topological polar surface area (TPSA) is 105 Å². The zero-order valence-corrected chi connectivity index (χ0v) is 14.4. The number of halogens is 2. The first-order valence-corrected chi connectivity index (χ1v) is 7.54. The molecule has 1 aromatic carbocycles. The van der Waals surface area contributed by atoms with Crippen LogP contribution in [0.2, 0.25) is 5.02 Å². The SMILES string of the molecule is COC(=O)Oc1cc(NC(=O)N2C=CC=C(C)C2C(=O)O)c(F)cc1Cl. The van der Waals surface area contributed by atoms with Crippen molar-refractivity contribution < 1.29 is 33.4 Å². The summed E-state index contributed by atoms with van der Waals surface area (Å²) in [6, 6.07) is -0.313. The maximum Gasteiger partial charge on any atom is 0.513 e. The summed E-state index contributed by atoms with van der Waals surface area (Å²) in [6.07, 6.45) is 3.20. The van der Waals surface area contributed by atoms with E-state index in [1.807, 2.05) is 0 Å². The summed E-state index contributed by atoms with van der Waals surface area (Å²) in [7, 11) is 1.08. The van der Waals surface area contributed by atoms with E-state index in [1.54, 1.807) is 13.0 Å². The molecule has 0 bridgehead atoms. The third-order valence-electron chi connectivity index (χ3n) is 3.41. The Morgan fingerprint density at radius 2 is 2.04 bits per heavy atom. The van der Waals surface area contributed by atoms with E-state index < -0.39 is 30.0 Å². The van der Waals surface area contributed by atoms with Crippen molar-refractivity contribution in [2.45, 2.75) is 13.0 Å². The molecular formula is C16H14ClFN2O6. The number of amides is 2.